The Labute approximate surface area is 133 Å². The first-order chi connectivity index (χ1) is 10.4. The molecule has 1 saturated heterocycles. The van der Waals surface area contributed by atoms with Gasteiger partial charge in [0.1, 0.15) is 0 Å². The zero-order valence-electron chi connectivity index (χ0n) is 11.7. The Balaban J connectivity index is 1.85. The Morgan fingerprint density at radius 1 is 1.27 bits per heavy atom. The van der Waals surface area contributed by atoms with Crippen molar-refractivity contribution in [2.75, 3.05) is 16.8 Å². The van der Waals surface area contributed by atoms with Crippen molar-refractivity contribution in [2.45, 2.75) is 6.42 Å². The largest absolute Gasteiger partial charge is 0.324 e. The first kappa shape index (κ1) is 15.1. The second-order valence-corrected chi connectivity index (χ2v) is 8.01. The van der Waals surface area contributed by atoms with Crippen molar-refractivity contribution >= 4 is 33.0 Å². The lowest BCUT2D eigenvalue weighted by atomic mass is 10.1. The van der Waals surface area contributed by atoms with E-state index in [0.717, 1.165) is 5.69 Å². The Kier molecular flexibility index (Phi) is 3.97. The lowest BCUT2D eigenvalue weighted by Crippen LogP contribution is -2.24. The van der Waals surface area contributed by atoms with E-state index in [9.17, 15) is 13.2 Å². The van der Waals surface area contributed by atoms with Crippen LogP contribution in [-0.4, -0.2) is 30.4 Å². The summed E-state index contributed by atoms with van der Waals surface area (Å²) >= 11 is 6.03. The van der Waals surface area contributed by atoms with Gasteiger partial charge in [0.2, 0.25) is 5.91 Å². The van der Waals surface area contributed by atoms with Gasteiger partial charge in [-0.3, -0.25) is 4.79 Å². The number of carbonyl (C=O) groups excluding carboxylic acids is 1. The summed E-state index contributed by atoms with van der Waals surface area (Å²) in [6, 6.07) is 8.91. The van der Waals surface area contributed by atoms with Crippen LogP contribution in [0.15, 0.2) is 42.7 Å². The molecule has 5 nitrogen and oxygen atoms in total. The van der Waals surface area contributed by atoms with Gasteiger partial charge in [0.25, 0.3) is 0 Å². The van der Waals surface area contributed by atoms with E-state index in [1.165, 1.54) is 0 Å². The Morgan fingerprint density at radius 3 is 2.64 bits per heavy atom. The van der Waals surface area contributed by atoms with Crippen molar-refractivity contribution in [1.29, 1.82) is 0 Å². The van der Waals surface area contributed by atoms with E-state index >= 15 is 0 Å². The predicted octanol–water partition coefficient (Wildman–Crippen LogP) is 2.50. The van der Waals surface area contributed by atoms with Gasteiger partial charge in [0.15, 0.2) is 9.84 Å². The van der Waals surface area contributed by atoms with Crippen LogP contribution in [0.3, 0.4) is 0 Å². The molecule has 1 amide bonds. The second-order valence-electron chi connectivity index (χ2n) is 5.34. The van der Waals surface area contributed by atoms with Crippen LogP contribution in [0.4, 0.5) is 5.69 Å². The van der Waals surface area contributed by atoms with Gasteiger partial charge in [-0.05, 0) is 36.8 Å². The number of benzene rings is 1. The molecule has 1 unspecified atom stereocenters. The summed E-state index contributed by atoms with van der Waals surface area (Å²) in [5, 5.41) is 3.38. The molecular weight excluding hydrogens is 324 g/mol. The number of sulfone groups is 1. The Hall–Kier alpha value is -1.79. The molecule has 0 saturated carbocycles. The summed E-state index contributed by atoms with van der Waals surface area (Å²) < 4.78 is 24.8. The van der Waals surface area contributed by atoms with Gasteiger partial charge < -0.3 is 9.88 Å². The van der Waals surface area contributed by atoms with Crippen LogP contribution in [0.2, 0.25) is 5.02 Å². The molecule has 116 valence electrons. The normalized spacial score (nSPS) is 20.0. The first-order valence-corrected chi connectivity index (χ1v) is 9.09. The van der Waals surface area contributed by atoms with Crippen LogP contribution < -0.4 is 5.32 Å². The van der Waals surface area contributed by atoms with Crippen molar-refractivity contribution in [3.8, 4) is 5.69 Å². The lowest BCUT2D eigenvalue weighted by Gasteiger charge is -2.14. The van der Waals surface area contributed by atoms with Gasteiger partial charge in [0, 0.05) is 17.4 Å². The molecule has 1 atom stereocenters. The van der Waals surface area contributed by atoms with E-state index in [1.54, 1.807) is 18.2 Å². The minimum Gasteiger partial charge on any atom is -0.324 e. The number of hydrogen-bond acceptors (Lipinski definition) is 3. The number of amides is 1. The molecule has 0 bridgehead atoms. The summed E-state index contributed by atoms with van der Waals surface area (Å²) in [7, 11) is -3.08. The van der Waals surface area contributed by atoms with Crippen LogP contribution in [0, 0.1) is 5.92 Å². The summed E-state index contributed by atoms with van der Waals surface area (Å²) in [5.74, 6) is -0.753. The quantitative estimate of drug-likeness (QED) is 0.935. The van der Waals surface area contributed by atoms with E-state index in [2.05, 4.69) is 5.32 Å². The van der Waals surface area contributed by atoms with Crippen molar-refractivity contribution < 1.29 is 13.2 Å². The maximum absolute atomic E-state index is 12.3. The maximum atomic E-state index is 12.3. The molecule has 0 spiro atoms. The summed E-state index contributed by atoms with van der Waals surface area (Å²) in [6.45, 7) is 0. The van der Waals surface area contributed by atoms with Gasteiger partial charge in [-0.15, -0.1) is 0 Å². The minimum absolute atomic E-state index is 0.0781. The third-order valence-electron chi connectivity index (χ3n) is 3.70. The van der Waals surface area contributed by atoms with Crippen LogP contribution in [0.5, 0.6) is 0 Å². The highest BCUT2D eigenvalue weighted by Gasteiger charge is 2.33. The summed E-state index contributed by atoms with van der Waals surface area (Å²) in [5.41, 5.74) is 1.35. The molecular formula is C15H15ClN2O3S. The second kappa shape index (κ2) is 5.78. The highest BCUT2D eigenvalue weighted by Crippen LogP contribution is 2.27. The molecule has 0 aliphatic carbocycles. The number of halogens is 1. The number of anilines is 1. The molecule has 7 heteroatoms. The third-order valence-corrected chi connectivity index (χ3v) is 5.71. The van der Waals surface area contributed by atoms with E-state index in [-0.39, 0.29) is 17.4 Å². The predicted molar refractivity (Wildman–Crippen MR) is 86.2 cm³/mol. The van der Waals surface area contributed by atoms with Crippen LogP contribution in [0.25, 0.3) is 5.69 Å². The molecule has 2 aromatic rings. The van der Waals surface area contributed by atoms with Crippen molar-refractivity contribution in [3.63, 3.8) is 0 Å². The van der Waals surface area contributed by atoms with Crippen LogP contribution in [-0.2, 0) is 14.6 Å². The molecule has 1 aliphatic rings. The lowest BCUT2D eigenvalue weighted by molar-refractivity contribution is -0.119. The highest BCUT2D eigenvalue weighted by atomic mass is 35.5. The number of nitrogens with zero attached hydrogens (tertiary/aromatic N) is 1. The number of hydrogen-bond donors (Lipinski definition) is 1. The van der Waals surface area contributed by atoms with Crippen molar-refractivity contribution in [2.24, 2.45) is 5.92 Å². The molecule has 1 aliphatic heterocycles. The molecule has 0 radical (unpaired) electrons. The van der Waals surface area contributed by atoms with E-state index in [1.807, 2.05) is 29.1 Å². The zero-order valence-corrected chi connectivity index (χ0v) is 13.3. The topological polar surface area (TPSA) is 68.2 Å². The van der Waals surface area contributed by atoms with Gasteiger partial charge in [-0.1, -0.05) is 11.6 Å². The SMILES string of the molecule is O=C(Nc1ccc(Cl)cc1-n1cccc1)C1CCS(=O)(=O)C1. The average Bonchev–Trinajstić information content (AvgIpc) is 3.10. The fourth-order valence-corrected chi connectivity index (χ4v) is 4.46. The monoisotopic (exact) mass is 338 g/mol. The first-order valence-electron chi connectivity index (χ1n) is 6.89. The maximum Gasteiger partial charge on any atom is 0.228 e. The summed E-state index contributed by atoms with van der Waals surface area (Å²) in [6.07, 6.45) is 4.07. The van der Waals surface area contributed by atoms with E-state index in [0.29, 0.717) is 17.1 Å². The van der Waals surface area contributed by atoms with Crippen LogP contribution in [0.1, 0.15) is 6.42 Å². The van der Waals surface area contributed by atoms with Crippen molar-refractivity contribution in [1.82, 2.24) is 4.57 Å². The molecule has 3 rings (SSSR count). The molecule has 1 aromatic heterocycles. The Bertz CT molecular complexity index is 800. The van der Waals surface area contributed by atoms with Crippen molar-refractivity contribution in [3.05, 3.63) is 47.7 Å². The third kappa shape index (κ3) is 3.18. The highest BCUT2D eigenvalue weighted by molar-refractivity contribution is 7.91. The number of nitrogens with one attached hydrogen (secondary N) is 1. The fourth-order valence-electron chi connectivity index (χ4n) is 2.56. The average molecular weight is 339 g/mol. The molecule has 1 fully saturated rings. The van der Waals surface area contributed by atoms with E-state index < -0.39 is 15.8 Å². The molecule has 2 heterocycles. The standard InChI is InChI=1S/C15H15ClN2O3S/c16-12-3-4-13(14(9-12)18-6-1-2-7-18)17-15(19)11-5-8-22(20,21)10-11/h1-4,6-7,9,11H,5,8,10H2,(H,17,19). The van der Waals surface area contributed by atoms with Crippen LogP contribution >= 0.6 is 11.6 Å². The smallest absolute Gasteiger partial charge is 0.228 e. The molecule has 1 N–H and O–H groups in total. The number of aromatic nitrogens is 1. The van der Waals surface area contributed by atoms with E-state index in [4.69, 9.17) is 11.6 Å². The van der Waals surface area contributed by atoms with Gasteiger partial charge >= 0.3 is 0 Å². The number of carbonyl (C=O) groups is 1. The van der Waals surface area contributed by atoms with Gasteiger partial charge in [-0.2, -0.15) is 0 Å². The zero-order chi connectivity index (χ0) is 15.7. The molecule has 1 aromatic carbocycles. The fraction of sp³-hybridized carbons (Fsp3) is 0.267. The number of rotatable bonds is 3. The Morgan fingerprint density at radius 2 is 2.00 bits per heavy atom. The van der Waals surface area contributed by atoms with Gasteiger partial charge in [-0.25, -0.2) is 8.42 Å². The molecule has 22 heavy (non-hydrogen) atoms. The summed E-state index contributed by atoms with van der Waals surface area (Å²) in [4.78, 5) is 12.3. The van der Waals surface area contributed by atoms with Gasteiger partial charge in [0.05, 0.1) is 28.8 Å². The minimum atomic E-state index is -3.08.